The van der Waals surface area contributed by atoms with Gasteiger partial charge < -0.3 is 16.3 Å². The van der Waals surface area contributed by atoms with Crippen molar-refractivity contribution in [1.29, 1.82) is 0 Å². The van der Waals surface area contributed by atoms with E-state index in [0.717, 1.165) is 18.0 Å². The highest BCUT2D eigenvalue weighted by molar-refractivity contribution is 5.95. The van der Waals surface area contributed by atoms with Gasteiger partial charge in [-0.25, -0.2) is 0 Å². The first-order valence-corrected chi connectivity index (χ1v) is 6.40. The maximum Gasteiger partial charge on any atom is 0.188 e. The highest BCUT2D eigenvalue weighted by Gasteiger charge is 2.35. The first kappa shape index (κ1) is 12.8. The van der Waals surface area contributed by atoms with Gasteiger partial charge in [-0.15, -0.1) is 0 Å². The Labute approximate surface area is 107 Å². The van der Waals surface area contributed by atoms with E-state index < -0.39 is 0 Å². The minimum absolute atomic E-state index is 0.0483. The van der Waals surface area contributed by atoms with E-state index in [0.29, 0.717) is 11.7 Å². The van der Waals surface area contributed by atoms with Crippen LogP contribution in [-0.2, 0) is 6.54 Å². The second-order valence-electron chi connectivity index (χ2n) is 4.81. The Bertz CT molecular complexity index is 433. The molecule has 0 aliphatic heterocycles. The number of nitrogens with one attached hydrogen (secondary N) is 1. The SMILES string of the molecule is CCCC1CC1NCc1ccnc(/C(N)=N/O)c1. The Morgan fingerprint density at radius 3 is 3.22 bits per heavy atom. The average molecular weight is 248 g/mol. The van der Waals surface area contributed by atoms with E-state index in [1.165, 1.54) is 19.3 Å². The van der Waals surface area contributed by atoms with Crippen LogP contribution < -0.4 is 11.1 Å². The largest absolute Gasteiger partial charge is 0.409 e. The molecule has 0 aromatic carbocycles. The molecule has 1 saturated carbocycles. The normalized spacial score (nSPS) is 23.1. The highest BCUT2D eigenvalue weighted by atomic mass is 16.4. The Kier molecular flexibility index (Phi) is 4.15. The second kappa shape index (κ2) is 5.82. The van der Waals surface area contributed by atoms with Crippen LogP contribution >= 0.6 is 0 Å². The van der Waals surface area contributed by atoms with Gasteiger partial charge in [0, 0.05) is 18.8 Å². The Balaban J connectivity index is 1.87. The lowest BCUT2D eigenvalue weighted by atomic mass is 10.2. The maximum absolute atomic E-state index is 8.61. The van der Waals surface area contributed by atoms with Crippen LogP contribution in [0.2, 0.25) is 0 Å². The molecule has 0 saturated heterocycles. The van der Waals surface area contributed by atoms with Gasteiger partial charge in [0.2, 0.25) is 0 Å². The number of hydrogen-bond acceptors (Lipinski definition) is 4. The summed E-state index contributed by atoms with van der Waals surface area (Å²) in [6.07, 6.45) is 5.53. The number of oxime groups is 1. The minimum Gasteiger partial charge on any atom is -0.409 e. The van der Waals surface area contributed by atoms with Crippen molar-refractivity contribution in [3.05, 3.63) is 29.6 Å². The van der Waals surface area contributed by atoms with Crippen molar-refractivity contribution in [2.24, 2.45) is 16.8 Å². The maximum atomic E-state index is 8.61. The number of amidine groups is 1. The van der Waals surface area contributed by atoms with Crippen LogP contribution in [-0.4, -0.2) is 22.1 Å². The van der Waals surface area contributed by atoms with Gasteiger partial charge in [0.05, 0.1) is 0 Å². The number of aromatic nitrogens is 1. The van der Waals surface area contributed by atoms with E-state index in [1.54, 1.807) is 6.20 Å². The molecule has 0 radical (unpaired) electrons. The predicted molar refractivity (Wildman–Crippen MR) is 70.4 cm³/mol. The van der Waals surface area contributed by atoms with Crippen LogP contribution in [0.1, 0.15) is 37.4 Å². The zero-order valence-electron chi connectivity index (χ0n) is 10.6. The van der Waals surface area contributed by atoms with Gasteiger partial charge in [-0.05, 0) is 36.5 Å². The van der Waals surface area contributed by atoms with Crippen LogP contribution in [0.15, 0.2) is 23.5 Å². The van der Waals surface area contributed by atoms with Crippen molar-refractivity contribution in [2.45, 2.75) is 38.8 Å². The lowest BCUT2D eigenvalue weighted by molar-refractivity contribution is 0.318. The molecule has 1 aliphatic carbocycles. The summed E-state index contributed by atoms with van der Waals surface area (Å²) in [7, 11) is 0. The van der Waals surface area contributed by atoms with E-state index in [4.69, 9.17) is 10.9 Å². The van der Waals surface area contributed by atoms with Crippen molar-refractivity contribution < 1.29 is 5.21 Å². The Morgan fingerprint density at radius 1 is 1.67 bits per heavy atom. The summed E-state index contributed by atoms with van der Waals surface area (Å²) in [5, 5.41) is 15.1. The van der Waals surface area contributed by atoms with Gasteiger partial charge in [0.25, 0.3) is 0 Å². The highest BCUT2D eigenvalue weighted by Crippen LogP contribution is 2.34. The van der Waals surface area contributed by atoms with Crippen LogP contribution in [0.3, 0.4) is 0 Å². The summed E-state index contributed by atoms with van der Waals surface area (Å²) in [4.78, 5) is 4.05. The van der Waals surface area contributed by atoms with E-state index in [9.17, 15) is 0 Å². The van der Waals surface area contributed by atoms with E-state index >= 15 is 0 Å². The summed E-state index contributed by atoms with van der Waals surface area (Å²) < 4.78 is 0. The molecule has 2 atom stereocenters. The third-order valence-electron chi connectivity index (χ3n) is 3.34. The van der Waals surface area contributed by atoms with Crippen LogP contribution in [0, 0.1) is 5.92 Å². The summed E-state index contributed by atoms with van der Waals surface area (Å²) >= 11 is 0. The smallest absolute Gasteiger partial charge is 0.188 e. The van der Waals surface area contributed by atoms with Crippen molar-refractivity contribution in [2.75, 3.05) is 0 Å². The van der Waals surface area contributed by atoms with Crippen LogP contribution in [0.4, 0.5) is 0 Å². The van der Waals surface area contributed by atoms with Crippen molar-refractivity contribution in [1.82, 2.24) is 10.3 Å². The van der Waals surface area contributed by atoms with Crippen LogP contribution in [0.5, 0.6) is 0 Å². The molecule has 1 fully saturated rings. The Hall–Kier alpha value is -1.62. The fourth-order valence-corrected chi connectivity index (χ4v) is 2.21. The third-order valence-corrected chi connectivity index (χ3v) is 3.34. The van der Waals surface area contributed by atoms with Gasteiger partial charge >= 0.3 is 0 Å². The molecular formula is C13H20N4O. The van der Waals surface area contributed by atoms with Crippen molar-refractivity contribution >= 4 is 5.84 Å². The van der Waals surface area contributed by atoms with Gasteiger partial charge in [-0.1, -0.05) is 18.5 Å². The molecule has 1 aliphatic rings. The van der Waals surface area contributed by atoms with Gasteiger partial charge in [0.15, 0.2) is 5.84 Å². The van der Waals surface area contributed by atoms with E-state index in [1.807, 2.05) is 12.1 Å². The zero-order valence-corrected chi connectivity index (χ0v) is 10.6. The lowest BCUT2D eigenvalue weighted by Gasteiger charge is -2.05. The molecule has 1 heterocycles. The summed E-state index contributed by atoms with van der Waals surface area (Å²) in [5.74, 6) is 0.896. The Morgan fingerprint density at radius 2 is 2.50 bits per heavy atom. The molecule has 2 rings (SSSR count). The molecule has 0 amide bonds. The molecule has 1 aromatic heterocycles. The predicted octanol–water partition coefficient (Wildman–Crippen LogP) is 1.45. The molecule has 4 N–H and O–H groups in total. The van der Waals surface area contributed by atoms with Crippen LogP contribution in [0.25, 0.3) is 0 Å². The lowest BCUT2D eigenvalue weighted by Crippen LogP contribution is -2.19. The number of nitrogens with zero attached hydrogens (tertiary/aromatic N) is 2. The molecule has 2 unspecified atom stereocenters. The quantitative estimate of drug-likeness (QED) is 0.308. The molecule has 18 heavy (non-hydrogen) atoms. The summed E-state index contributed by atoms with van der Waals surface area (Å²) in [6.45, 7) is 3.03. The molecule has 0 bridgehead atoms. The topological polar surface area (TPSA) is 83.5 Å². The molecule has 98 valence electrons. The number of pyridine rings is 1. The molecule has 1 aromatic rings. The standard InChI is InChI=1S/C13H20N4O/c1-2-3-10-7-11(10)16-8-9-4-5-15-12(6-9)13(14)17-18/h4-6,10-11,16,18H,2-3,7-8H2,1H3,(H2,14,17). The van der Waals surface area contributed by atoms with Gasteiger partial charge in [-0.2, -0.15) is 0 Å². The first-order valence-electron chi connectivity index (χ1n) is 6.40. The van der Waals surface area contributed by atoms with Gasteiger partial charge in [-0.3, -0.25) is 4.98 Å². The third kappa shape index (κ3) is 3.20. The molecular weight excluding hydrogens is 228 g/mol. The fourth-order valence-electron chi connectivity index (χ4n) is 2.21. The number of hydrogen-bond donors (Lipinski definition) is 3. The van der Waals surface area contributed by atoms with Crippen molar-refractivity contribution in [3.63, 3.8) is 0 Å². The molecule has 5 heteroatoms. The zero-order chi connectivity index (χ0) is 13.0. The van der Waals surface area contributed by atoms with Gasteiger partial charge in [0.1, 0.15) is 5.69 Å². The number of rotatable bonds is 6. The van der Waals surface area contributed by atoms with E-state index in [2.05, 4.69) is 22.4 Å². The van der Waals surface area contributed by atoms with Crippen molar-refractivity contribution in [3.8, 4) is 0 Å². The molecule has 0 spiro atoms. The summed E-state index contributed by atoms with van der Waals surface area (Å²) in [5.41, 5.74) is 7.13. The minimum atomic E-state index is 0.0483. The van der Waals surface area contributed by atoms with E-state index in [-0.39, 0.29) is 5.84 Å². The second-order valence-corrected chi connectivity index (χ2v) is 4.81. The fraction of sp³-hybridized carbons (Fsp3) is 0.538. The monoisotopic (exact) mass is 248 g/mol. The average Bonchev–Trinajstić information content (AvgIpc) is 3.15. The summed E-state index contributed by atoms with van der Waals surface area (Å²) in [6, 6.07) is 4.45. The number of nitrogens with two attached hydrogens (primary N) is 1. The molecule has 5 nitrogen and oxygen atoms in total. The first-order chi connectivity index (χ1) is 8.74.